The van der Waals surface area contributed by atoms with Crippen LogP contribution in [0.3, 0.4) is 0 Å². The molecule has 0 aliphatic carbocycles. The molecule has 0 bridgehead atoms. The predicted octanol–water partition coefficient (Wildman–Crippen LogP) is 3.56. The van der Waals surface area contributed by atoms with E-state index in [4.69, 9.17) is 17.3 Å². The van der Waals surface area contributed by atoms with Gasteiger partial charge in [0.1, 0.15) is 0 Å². The molecule has 0 unspecified atom stereocenters. The molecule has 1 aromatic rings. The molecule has 4 heteroatoms. The van der Waals surface area contributed by atoms with E-state index in [1.807, 2.05) is 18.2 Å². The number of aliphatic hydroxyl groups is 1. The summed E-state index contributed by atoms with van der Waals surface area (Å²) in [6.07, 6.45) is -0.0734. The van der Waals surface area contributed by atoms with Crippen molar-refractivity contribution in [3.63, 3.8) is 0 Å². The summed E-state index contributed by atoms with van der Waals surface area (Å²) in [6, 6.07) is 7.28. The van der Waals surface area contributed by atoms with Crippen molar-refractivity contribution in [1.29, 1.82) is 0 Å². The van der Waals surface area contributed by atoms with Crippen LogP contribution in [-0.4, -0.2) is 11.1 Å². The number of aliphatic hydroxyl groups excluding tert-OH is 1. The fraction of sp³-hybridized carbons (Fsp3) is 0.538. The standard InChI is InChI=1S/C13H20ClNO.ClH/c1-13(2,3)12(15)8-11(16)9-6-4-5-7-10(9)14;/h4-7,11-12,16H,8,15H2,1-3H3;1H/t11-,12-;/m1./s1. The van der Waals surface area contributed by atoms with Gasteiger partial charge in [0.2, 0.25) is 0 Å². The normalized spacial score (nSPS) is 14.9. The summed E-state index contributed by atoms with van der Waals surface area (Å²) in [7, 11) is 0. The second-order valence-corrected chi connectivity index (χ2v) is 5.65. The molecule has 2 atom stereocenters. The maximum absolute atomic E-state index is 10.1. The lowest BCUT2D eigenvalue weighted by Crippen LogP contribution is -2.36. The summed E-state index contributed by atoms with van der Waals surface area (Å²) < 4.78 is 0. The number of halogens is 2. The van der Waals surface area contributed by atoms with Crippen LogP contribution in [0.1, 0.15) is 38.9 Å². The van der Waals surface area contributed by atoms with Gasteiger partial charge in [-0.1, -0.05) is 50.6 Å². The molecule has 0 spiro atoms. The smallest absolute Gasteiger partial charge is 0.0819 e. The second-order valence-electron chi connectivity index (χ2n) is 5.25. The first-order chi connectivity index (χ1) is 7.32. The fourth-order valence-corrected chi connectivity index (χ4v) is 1.73. The zero-order valence-electron chi connectivity index (χ0n) is 10.5. The number of nitrogens with two attached hydrogens (primary N) is 1. The molecule has 98 valence electrons. The number of hydrogen-bond donors (Lipinski definition) is 2. The summed E-state index contributed by atoms with van der Waals surface area (Å²) in [4.78, 5) is 0. The second kappa shape index (κ2) is 6.60. The Balaban J connectivity index is 0.00000256. The van der Waals surface area contributed by atoms with E-state index in [2.05, 4.69) is 20.8 Å². The molecule has 0 radical (unpaired) electrons. The quantitative estimate of drug-likeness (QED) is 0.888. The Kier molecular flexibility index (Phi) is 6.49. The molecule has 2 nitrogen and oxygen atoms in total. The molecule has 0 saturated heterocycles. The molecule has 0 saturated carbocycles. The topological polar surface area (TPSA) is 46.2 Å². The molecular weight excluding hydrogens is 257 g/mol. The first-order valence-electron chi connectivity index (χ1n) is 5.50. The van der Waals surface area contributed by atoms with Crippen LogP contribution >= 0.6 is 24.0 Å². The molecule has 3 N–H and O–H groups in total. The first-order valence-corrected chi connectivity index (χ1v) is 5.88. The predicted molar refractivity (Wildman–Crippen MR) is 75.7 cm³/mol. The van der Waals surface area contributed by atoms with Crippen LogP contribution < -0.4 is 5.73 Å². The van der Waals surface area contributed by atoms with Crippen LogP contribution in [0.25, 0.3) is 0 Å². The van der Waals surface area contributed by atoms with Gasteiger partial charge < -0.3 is 10.8 Å². The van der Waals surface area contributed by atoms with Crippen LogP contribution in [-0.2, 0) is 0 Å². The first kappa shape index (κ1) is 16.7. The monoisotopic (exact) mass is 277 g/mol. The van der Waals surface area contributed by atoms with Gasteiger partial charge in [0.15, 0.2) is 0 Å². The highest BCUT2D eigenvalue weighted by molar-refractivity contribution is 6.31. The van der Waals surface area contributed by atoms with E-state index < -0.39 is 6.10 Å². The van der Waals surface area contributed by atoms with Crippen molar-refractivity contribution in [3.8, 4) is 0 Å². The van der Waals surface area contributed by atoms with Crippen LogP contribution in [0.4, 0.5) is 0 Å². The summed E-state index contributed by atoms with van der Waals surface area (Å²) >= 11 is 6.02. The third kappa shape index (κ3) is 4.84. The van der Waals surface area contributed by atoms with Crippen molar-refractivity contribution in [3.05, 3.63) is 34.9 Å². The molecule has 0 heterocycles. The third-order valence-electron chi connectivity index (χ3n) is 2.85. The van der Waals surface area contributed by atoms with E-state index >= 15 is 0 Å². The third-order valence-corrected chi connectivity index (χ3v) is 3.20. The van der Waals surface area contributed by atoms with E-state index in [1.165, 1.54) is 0 Å². The van der Waals surface area contributed by atoms with Gasteiger partial charge in [-0.3, -0.25) is 0 Å². The zero-order valence-corrected chi connectivity index (χ0v) is 12.1. The largest absolute Gasteiger partial charge is 0.388 e. The van der Waals surface area contributed by atoms with Gasteiger partial charge in [-0.2, -0.15) is 0 Å². The van der Waals surface area contributed by atoms with Gasteiger partial charge >= 0.3 is 0 Å². The number of rotatable bonds is 3. The van der Waals surface area contributed by atoms with E-state index in [1.54, 1.807) is 6.07 Å². The molecule has 0 aromatic heterocycles. The van der Waals surface area contributed by atoms with E-state index in [-0.39, 0.29) is 23.9 Å². The van der Waals surface area contributed by atoms with Gasteiger partial charge in [0.25, 0.3) is 0 Å². The Morgan fingerprint density at radius 3 is 2.29 bits per heavy atom. The van der Waals surface area contributed by atoms with Gasteiger partial charge in [0.05, 0.1) is 6.10 Å². The highest BCUT2D eigenvalue weighted by atomic mass is 35.5. The van der Waals surface area contributed by atoms with Gasteiger partial charge in [-0.05, 0) is 23.5 Å². The number of hydrogen-bond acceptors (Lipinski definition) is 2. The average molecular weight is 278 g/mol. The van der Waals surface area contributed by atoms with Crippen LogP contribution in [0.15, 0.2) is 24.3 Å². The molecule has 1 rings (SSSR count). The maximum atomic E-state index is 10.1. The molecule has 0 aliphatic rings. The summed E-state index contributed by atoms with van der Waals surface area (Å²) in [5.74, 6) is 0. The minimum absolute atomic E-state index is 0. The van der Waals surface area contributed by atoms with Crippen molar-refractivity contribution in [1.82, 2.24) is 0 Å². The zero-order chi connectivity index (χ0) is 12.3. The molecule has 1 aromatic carbocycles. The van der Waals surface area contributed by atoms with Crippen molar-refractivity contribution in [2.45, 2.75) is 39.3 Å². The van der Waals surface area contributed by atoms with Crippen molar-refractivity contribution >= 4 is 24.0 Å². The molecule has 17 heavy (non-hydrogen) atoms. The number of benzene rings is 1. The lowest BCUT2D eigenvalue weighted by Gasteiger charge is -2.29. The highest BCUT2D eigenvalue weighted by Gasteiger charge is 2.24. The highest BCUT2D eigenvalue weighted by Crippen LogP contribution is 2.29. The Bertz CT molecular complexity index is 350. The molecule has 0 amide bonds. The van der Waals surface area contributed by atoms with E-state index in [0.717, 1.165) is 5.56 Å². The Labute approximate surface area is 115 Å². The van der Waals surface area contributed by atoms with E-state index in [9.17, 15) is 5.11 Å². The average Bonchev–Trinajstić information content (AvgIpc) is 2.16. The minimum Gasteiger partial charge on any atom is -0.388 e. The van der Waals surface area contributed by atoms with Crippen molar-refractivity contribution in [2.75, 3.05) is 0 Å². The van der Waals surface area contributed by atoms with Crippen molar-refractivity contribution in [2.24, 2.45) is 11.1 Å². The molecule has 0 fully saturated rings. The molecule has 0 aliphatic heterocycles. The van der Waals surface area contributed by atoms with Crippen LogP contribution in [0.5, 0.6) is 0 Å². The van der Waals surface area contributed by atoms with Gasteiger partial charge in [-0.25, -0.2) is 0 Å². The SMILES string of the molecule is CC(C)(C)[C@H](N)C[C@@H](O)c1ccccc1Cl.Cl. The maximum Gasteiger partial charge on any atom is 0.0819 e. The Morgan fingerprint density at radius 2 is 1.82 bits per heavy atom. The summed E-state index contributed by atoms with van der Waals surface area (Å²) in [6.45, 7) is 6.20. The fourth-order valence-electron chi connectivity index (χ4n) is 1.47. The van der Waals surface area contributed by atoms with Crippen LogP contribution in [0.2, 0.25) is 5.02 Å². The summed E-state index contributed by atoms with van der Waals surface area (Å²) in [5.41, 5.74) is 6.78. The van der Waals surface area contributed by atoms with Crippen molar-refractivity contribution < 1.29 is 5.11 Å². The van der Waals surface area contributed by atoms with Gasteiger partial charge in [0, 0.05) is 11.1 Å². The molecular formula is C13H21Cl2NO. The lowest BCUT2D eigenvalue weighted by atomic mass is 9.83. The minimum atomic E-state index is -0.595. The summed E-state index contributed by atoms with van der Waals surface area (Å²) in [5, 5.41) is 10.7. The Morgan fingerprint density at radius 1 is 1.29 bits per heavy atom. The van der Waals surface area contributed by atoms with Gasteiger partial charge in [-0.15, -0.1) is 12.4 Å². The Hall–Kier alpha value is -0.280. The van der Waals surface area contributed by atoms with Crippen LogP contribution in [0, 0.1) is 5.41 Å². The lowest BCUT2D eigenvalue weighted by molar-refractivity contribution is 0.133. The van der Waals surface area contributed by atoms with E-state index in [0.29, 0.717) is 11.4 Å².